The Kier molecular flexibility index (Phi) is 3.94. The maximum Gasteiger partial charge on any atom is 0.349 e. The second-order valence-corrected chi connectivity index (χ2v) is 5.05. The average molecular weight is 314 g/mol. The van der Waals surface area contributed by atoms with Crippen molar-refractivity contribution < 1.29 is 14.1 Å². The van der Waals surface area contributed by atoms with Crippen LogP contribution in [0.5, 0.6) is 5.75 Å². The zero-order chi connectivity index (χ0) is 15.5. The lowest BCUT2D eigenvalue weighted by atomic mass is 10.1. The minimum absolute atomic E-state index is 0.275. The molecule has 0 atom stereocenters. The van der Waals surface area contributed by atoms with E-state index in [9.17, 15) is 4.79 Å². The zero-order valence-corrected chi connectivity index (χ0v) is 12.5. The highest BCUT2D eigenvalue weighted by molar-refractivity contribution is 6.33. The predicted molar refractivity (Wildman–Crippen MR) is 83.1 cm³/mol. The highest BCUT2D eigenvalue weighted by Crippen LogP contribution is 2.31. The van der Waals surface area contributed by atoms with Crippen LogP contribution in [-0.2, 0) is 0 Å². The Morgan fingerprint density at radius 3 is 2.50 bits per heavy atom. The summed E-state index contributed by atoms with van der Waals surface area (Å²) in [6.07, 6.45) is 0. The van der Waals surface area contributed by atoms with Crippen LogP contribution in [0.4, 0.5) is 0 Å². The Bertz CT molecular complexity index is 812. The molecule has 1 aromatic heterocycles. The molecule has 3 rings (SSSR count). The van der Waals surface area contributed by atoms with Gasteiger partial charge in [-0.2, -0.15) is 0 Å². The Morgan fingerprint density at radius 2 is 1.77 bits per heavy atom. The van der Waals surface area contributed by atoms with E-state index in [1.165, 1.54) is 0 Å². The number of carbonyl (C=O) groups is 1. The molecule has 0 amide bonds. The summed E-state index contributed by atoms with van der Waals surface area (Å²) >= 11 is 6.17. The molecular formula is C17H12ClNO3. The van der Waals surface area contributed by atoms with Crippen molar-refractivity contribution in [1.82, 2.24) is 5.16 Å². The van der Waals surface area contributed by atoms with Gasteiger partial charge in [0, 0.05) is 5.56 Å². The van der Waals surface area contributed by atoms with E-state index in [4.69, 9.17) is 20.9 Å². The first kappa shape index (κ1) is 14.4. The molecule has 2 aromatic carbocycles. The number of rotatable bonds is 3. The van der Waals surface area contributed by atoms with E-state index in [1.54, 1.807) is 49.4 Å². The van der Waals surface area contributed by atoms with Crippen molar-refractivity contribution in [3.63, 3.8) is 0 Å². The van der Waals surface area contributed by atoms with Crippen molar-refractivity contribution in [1.29, 1.82) is 0 Å². The highest BCUT2D eigenvalue weighted by Gasteiger charge is 2.24. The van der Waals surface area contributed by atoms with E-state index in [0.29, 0.717) is 27.8 Å². The van der Waals surface area contributed by atoms with E-state index in [-0.39, 0.29) is 5.56 Å². The van der Waals surface area contributed by atoms with Crippen molar-refractivity contribution in [2.45, 2.75) is 6.92 Å². The van der Waals surface area contributed by atoms with Gasteiger partial charge in [-0.25, -0.2) is 4.79 Å². The van der Waals surface area contributed by atoms with E-state index in [0.717, 1.165) is 0 Å². The van der Waals surface area contributed by atoms with Gasteiger partial charge in [0.1, 0.15) is 22.8 Å². The lowest BCUT2D eigenvalue weighted by molar-refractivity contribution is 0.0733. The normalized spacial score (nSPS) is 10.5. The monoisotopic (exact) mass is 313 g/mol. The van der Waals surface area contributed by atoms with Crippen molar-refractivity contribution in [3.05, 3.63) is 70.9 Å². The molecule has 0 saturated heterocycles. The smallest absolute Gasteiger partial charge is 0.349 e. The molecule has 5 heteroatoms. The van der Waals surface area contributed by atoms with Crippen molar-refractivity contribution in [2.75, 3.05) is 0 Å². The number of carbonyl (C=O) groups excluding carboxylic acids is 1. The lowest BCUT2D eigenvalue weighted by Gasteiger charge is -2.05. The van der Waals surface area contributed by atoms with E-state index >= 15 is 0 Å². The number of aromatic nitrogens is 1. The number of aryl methyl sites for hydroxylation is 1. The molecule has 0 radical (unpaired) electrons. The molecule has 3 aromatic rings. The fourth-order valence-corrected chi connectivity index (χ4v) is 2.32. The third-order valence-electron chi connectivity index (χ3n) is 3.15. The number of ether oxygens (including phenoxy) is 1. The van der Waals surface area contributed by atoms with Crippen molar-refractivity contribution >= 4 is 17.6 Å². The molecule has 110 valence electrons. The van der Waals surface area contributed by atoms with Crippen molar-refractivity contribution in [2.24, 2.45) is 0 Å². The van der Waals surface area contributed by atoms with Gasteiger partial charge in [0.15, 0.2) is 0 Å². The number of para-hydroxylation sites is 1. The Labute approximate surface area is 132 Å². The van der Waals surface area contributed by atoms with E-state index < -0.39 is 5.97 Å². The molecule has 0 saturated carbocycles. The first-order valence-electron chi connectivity index (χ1n) is 6.65. The standard InChI is InChI=1S/C17H12ClNO3/c1-11-15(17(20)21-12-7-3-2-4-8-12)16(19-22-11)13-9-5-6-10-14(13)18/h2-10H,1H3. The van der Waals surface area contributed by atoms with Gasteiger partial charge in [-0.15, -0.1) is 0 Å². The average Bonchev–Trinajstić information content (AvgIpc) is 2.90. The van der Waals surface area contributed by atoms with Crippen LogP contribution >= 0.6 is 11.6 Å². The Balaban J connectivity index is 1.99. The summed E-state index contributed by atoms with van der Waals surface area (Å²) in [4.78, 5) is 12.4. The van der Waals surface area contributed by atoms with Crippen molar-refractivity contribution in [3.8, 4) is 17.0 Å². The molecule has 0 fully saturated rings. The summed E-state index contributed by atoms with van der Waals surface area (Å²) in [6.45, 7) is 1.66. The summed E-state index contributed by atoms with van der Waals surface area (Å²) in [5, 5.41) is 4.44. The minimum Gasteiger partial charge on any atom is -0.423 e. The minimum atomic E-state index is -0.528. The molecule has 0 aliphatic heterocycles. The van der Waals surface area contributed by atoms with Gasteiger partial charge in [0.05, 0.1) is 5.02 Å². The number of benzene rings is 2. The van der Waals surface area contributed by atoms with Crippen LogP contribution in [0.2, 0.25) is 5.02 Å². The third kappa shape index (κ3) is 2.73. The summed E-state index contributed by atoms with van der Waals surface area (Å²) in [5.41, 5.74) is 1.28. The molecule has 1 heterocycles. The van der Waals surface area contributed by atoms with Gasteiger partial charge in [-0.3, -0.25) is 0 Å². The van der Waals surface area contributed by atoms with Crippen LogP contribution in [0, 0.1) is 6.92 Å². The quantitative estimate of drug-likeness (QED) is 0.527. The first-order chi connectivity index (χ1) is 10.7. The topological polar surface area (TPSA) is 52.3 Å². The van der Waals surface area contributed by atoms with Crippen LogP contribution in [0.3, 0.4) is 0 Å². The maximum absolute atomic E-state index is 12.4. The van der Waals surface area contributed by atoms with Crippen LogP contribution in [0.25, 0.3) is 11.3 Å². The number of halogens is 1. The van der Waals surface area contributed by atoms with Crippen LogP contribution in [-0.4, -0.2) is 11.1 Å². The second-order valence-electron chi connectivity index (χ2n) is 4.64. The summed E-state index contributed by atoms with van der Waals surface area (Å²) in [5.74, 6) is 0.314. The third-order valence-corrected chi connectivity index (χ3v) is 3.48. The Morgan fingerprint density at radius 1 is 1.09 bits per heavy atom. The van der Waals surface area contributed by atoms with Crippen LogP contribution in [0.15, 0.2) is 59.1 Å². The van der Waals surface area contributed by atoms with Gasteiger partial charge in [0.2, 0.25) is 0 Å². The fourth-order valence-electron chi connectivity index (χ4n) is 2.10. The number of hydrogen-bond donors (Lipinski definition) is 0. The van der Waals surface area contributed by atoms with Gasteiger partial charge in [0.25, 0.3) is 0 Å². The molecule has 4 nitrogen and oxygen atoms in total. The molecule has 0 bridgehead atoms. The van der Waals surface area contributed by atoms with Crippen LogP contribution in [0.1, 0.15) is 16.1 Å². The Hall–Kier alpha value is -2.59. The molecule has 0 unspecified atom stereocenters. The van der Waals surface area contributed by atoms with Gasteiger partial charge in [-0.1, -0.05) is 53.2 Å². The molecule has 0 aliphatic carbocycles. The highest BCUT2D eigenvalue weighted by atomic mass is 35.5. The fraction of sp³-hybridized carbons (Fsp3) is 0.0588. The predicted octanol–water partition coefficient (Wildman–Crippen LogP) is 4.52. The number of esters is 1. The molecular weight excluding hydrogens is 302 g/mol. The van der Waals surface area contributed by atoms with E-state index in [2.05, 4.69) is 5.16 Å². The molecule has 22 heavy (non-hydrogen) atoms. The number of hydrogen-bond acceptors (Lipinski definition) is 4. The maximum atomic E-state index is 12.4. The second kappa shape index (κ2) is 6.03. The largest absolute Gasteiger partial charge is 0.423 e. The zero-order valence-electron chi connectivity index (χ0n) is 11.7. The van der Waals surface area contributed by atoms with Gasteiger partial charge in [-0.05, 0) is 25.1 Å². The molecule has 0 aliphatic rings. The lowest BCUT2D eigenvalue weighted by Crippen LogP contribution is -2.10. The van der Waals surface area contributed by atoms with E-state index in [1.807, 2.05) is 12.1 Å². The molecule has 0 spiro atoms. The number of nitrogens with zero attached hydrogens (tertiary/aromatic N) is 1. The van der Waals surface area contributed by atoms with Crippen LogP contribution < -0.4 is 4.74 Å². The summed E-state index contributed by atoms with van der Waals surface area (Å²) in [7, 11) is 0. The summed E-state index contributed by atoms with van der Waals surface area (Å²) in [6, 6.07) is 16.0. The first-order valence-corrected chi connectivity index (χ1v) is 7.03. The molecule has 0 N–H and O–H groups in total. The van der Waals surface area contributed by atoms with Gasteiger partial charge >= 0.3 is 5.97 Å². The summed E-state index contributed by atoms with van der Waals surface area (Å²) < 4.78 is 10.5. The SMILES string of the molecule is Cc1onc(-c2ccccc2Cl)c1C(=O)Oc1ccccc1. The van der Waals surface area contributed by atoms with Gasteiger partial charge < -0.3 is 9.26 Å².